The van der Waals surface area contributed by atoms with Crippen LogP contribution in [0.4, 0.5) is 0 Å². The van der Waals surface area contributed by atoms with Crippen molar-refractivity contribution in [2.45, 2.75) is 50.2 Å². The summed E-state index contributed by atoms with van der Waals surface area (Å²) in [6, 6.07) is 10.7. The topological polar surface area (TPSA) is 24.9 Å². The Morgan fingerprint density at radius 2 is 1.95 bits per heavy atom. The van der Waals surface area contributed by atoms with Gasteiger partial charge >= 0.3 is 0 Å². The van der Waals surface area contributed by atoms with Crippen molar-refractivity contribution in [3.63, 3.8) is 0 Å². The van der Waals surface area contributed by atoms with Crippen LogP contribution in [0.2, 0.25) is 5.02 Å². The van der Waals surface area contributed by atoms with Gasteiger partial charge in [-0.3, -0.25) is 0 Å². The van der Waals surface area contributed by atoms with E-state index < -0.39 is 0 Å². The van der Waals surface area contributed by atoms with Gasteiger partial charge in [0.05, 0.1) is 0 Å². The van der Waals surface area contributed by atoms with E-state index >= 15 is 0 Å². The molecule has 1 aromatic carbocycles. The fourth-order valence-corrected chi connectivity index (χ4v) is 3.41. The van der Waals surface area contributed by atoms with Crippen molar-refractivity contribution in [1.29, 1.82) is 0 Å². The van der Waals surface area contributed by atoms with Gasteiger partial charge < -0.3 is 5.32 Å². The summed E-state index contributed by atoms with van der Waals surface area (Å²) in [5.41, 5.74) is 3.52. The van der Waals surface area contributed by atoms with Crippen molar-refractivity contribution >= 4 is 23.4 Å². The molecule has 0 saturated heterocycles. The Morgan fingerprint density at radius 1 is 1.19 bits per heavy atom. The maximum Gasteiger partial charge on any atom is 0.101 e. The van der Waals surface area contributed by atoms with Crippen molar-refractivity contribution in [3.05, 3.63) is 52.2 Å². The SMILES string of the molecule is Cc1cc(C)nc(Sc2cc(Cl)ccc2CNC(C)C)c1. The van der Waals surface area contributed by atoms with Gasteiger partial charge in [-0.05, 0) is 49.2 Å². The summed E-state index contributed by atoms with van der Waals surface area (Å²) >= 11 is 7.83. The molecule has 1 heterocycles. The zero-order valence-electron chi connectivity index (χ0n) is 12.9. The van der Waals surface area contributed by atoms with E-state index in [4.69, 9.17) is 11.6 Å². The largest absolute Gasteiger partial charge is 0.310 e. The number of rotatable bonds is 5. The Hall–Kier alpha value is -1.03. The highest BCUT2D eigenvalue weighted by Gasteiger charge is 2.08. The second-order valence-electron chi connectivity index (χ2n) is 5.51. The molecule has 112 valence electrons. The average molecular weight is 321 g/mol. The number of nitrogens with zero attached hydrogens (tertiary/aromatic N) is 1. The molecule has 0 unspecified atom stereocenters. The summed E-state index contributed by atoms with van der Waals surface area (Å²) < 4.78 is 0. The standard InChI is InChI=1S/C17H21ClN2S/c1-11(2)19-10-14-5-6-15(18)9-16(14)21-17-8-12(3)7-13(4)20-17/h5-9,11,19H,10H2,1-4H3. The van der Waals surface area contributed by atoms with Crippen LogP contribution in [-0.4, -0.2) is 11.0 Å². The predicted molar refractivity (Wildman–Crippen MR) is 91.3 cm³/mol. The fourth-order valence-electron chi connectivity index (χ4n) is 2.05. The van der Waals surface area contributed by atoms with E-state index in [0.29, 0.717) is 6.04 Å². The van der Waals surface area contributed by atoms with Gasteiger partial charge in [0.1, 0.15) is 5.03 Å². The van der Waals surface area contributed by atoms with Crippen molar-refractivity contribution in [1.82, 2.24) is 10.3 Å². The lowest BCUT2D eigenvalue weighted by molar-refractivity contribution is 0.585. The number of hydrogen-bond acceptors (Lipinski definition) is 3. The molecule has 0 bridgehead atoms. The number of halogens is 1. The van der Waals surface area contributed by atoms with Gasteiger partial charge in [-0.15, -0.1) is 0 Å². The quantitative estimate of drug-likeness (QED) is 0.839. The molecular weight excluding hydrogens is 300 g/mol. The van der Waals surface area contributed by atoms with E-state index in [2.05, 4.69) is 49.3 Å². The van der Waals surface area contributed by atoms with Gasteiger partial charge in [0.15, 0.2) is 0 Å². The van der Waals surface area contributed by atoms with Crippen LogP contribution in [-0.2, 0) is 6.54 Å². The highest BCUT2D eigenvalue weighted by Crippen LogP contribution is 2.32. The van der Waals surface area contributed by atoms with Crippen molar-refractivity contribution < 1.29 is 0 Å². The molecule has 1 N–H and O–H groups in total. The number of pyridine rings is 1. The molecule has 0 spiro atoms. The third kappa shape index (κ3) is 5.03. The molecule has 0 saturated carbocycles. The van der Waals surface area contributed by atoms with Crippen LogP contribution in [0.25, 0.3) is 0 Å². The van der Waals surface area contributed by atoms with E-state index in [9.17, 15) is 0 Å². The third-order valence-corrected chi connectivity index (χ3v) is 4.27. The minimum absolute atomic E-state index is 0.456. The number of aryl methyl sites for hydroxylation is 2. The number of benzene rings is 1. The van der Waals surface area contributed by atoms with Crippen LogP contribution < -0.4 is 5.32 Å². The first-order valence-electron chi connectivity index (χ1n) is 7.09. The highest BCUT2D eigenvalue weighted by atomic mass is 35.5. The molecule has 2 aromatic rings. The van der Waals surface area contributed by atoms with E-state index in [0.717, 1.165) is 27.2 Å². The Labute approximate surface area is 136 Å². The van der Waals surface area contributed by atoms with Gasteiger partial charge in [-0.1, -0.05) is 43.3 Å². The normalized spacial score (nSPS) is 11.1. The van der Waals surface area contributed by atoms with Crippen LogP contribution in [0.3, 0.4) is 0 Å². The lowest BCUT2D eigenvalue weighted by Crippen LogP contribution is -2.22. The van der Waals surface area contributed by atoms with Gasteiger partial charge in [0.25, 0.3) is 0 Å². The van der Waals surface area contributed by atoms with Crippen LogP contribution >= 0.6 is 23.4 Å². The smallest absolute Gasteiger partial charge is 0.101 e. The lowest BCUT2D eigenvalue weighted by Gasteiger charge is -2.13. The number of aromatic nitrogens is 1. The Kier molecular flexibility index (Phi) is 5.68. The Balaban J connectivity index is 2.26. The van der Waals surface area contributed by atoms with E-state index in [1.807, 2.05) is 19.1 Å². The minimum atomic E-state index is 0.456. The van der Waals surface area contributed by atoms with Crippen molar-refractivity contribution in [3.8, 4) is 0 Å². The van der Waals surface area contributed by atoms with Gasteiger partial charge in [-0.25, -0.2) is 4.98 Å². The van der Waals surface area contributed by atoms with Gasteiger partial charge in [0.2, 0.25) is 0 Å². The summed E-state index contributed by atoms with van der Waals surface area (Å²) in [5, 5.41) is 5.23. The van der Waals surface area contributed by atoms with Gasteiger partial charge in [0, 0.05) is 28.2 Å². The lowest BCUT2D eigenvalue weighted by atomic mass is 10.2. The molecule has 0 radical (unpaired) electrons. The first-order chi connectivity index (χ1) is 9.94. The molecule has 0 aliphatic heterocycles. The number of nitrogens with one attached hydrogen (secondary N) is 1. The van der Waals surface area contributed by atoms with Crippen LogP contribution in [0.5, 0.6) is 0 Å². The molecule has 4 heteroatoms. The highest BCUT2D eigenvalue weighted by molar-refractivity contribution is 7.99. The second kappa shape index (κ2) is 7.30. The molecule has 0 amide bonds. The zero-order chi connectivity index (χ0) is 15.4. The van der Waals surface area contributed by atoms with Crippen molar-refractivity contribution in [2.75, 3.05) is 0 Å². The monoisotopic (exact) mass is 320 g/mol. The van der Waals surface area contributed by atoms with E-state index in [1.54, 1.807) is 11.8 Å². The summed E-state index contributed by atoms with van der Waals surface area (Å²) in [6.45, 7) is 9.25. The zero-order valence-corrected chi connectivity index (χ0v) is 14.5. The maximum atomic E-state index is 6.15. The second-order valence-corrected chi connectivity index (χ2v) is 7.01. The van der Waals surface area contributed by atoms with E-state index in [-0.39, 0.29) is 0 Å². The molecule has 2 rings (SSSR count). The van der Waals surface area contributed by atoms with E-state index in [1.165, 1.54) is 11.1 Å². The van der Waals surface area contributed by atoms with Crippen LogP contribution in [0.1, 0.15) is 30.7 Å². The van der Waals surface area contributed by atoms with Gasteiger partial charge in [-0.2, -0.15) is 0 Å². The number of hydrogen-bond donors (Lipinski definition) is 1. The molecule has 1 aromatic heterocycles. The van der Waals surface area contributed by atoms with Crippen LogP contribution in [0.15, 0.2) is 40.3 Å². The summed E-state index contributed by atoms with van der Waals surface area (Å²) in [4.78, 5) is 5.76. The predicted octanol–water partition coefficient (Wildman–Crippen LogP) is 5.00. The molecule has 0 fully saturated rings. The Morgan fingerprint density at radius 3 is 2.62 bits per heavy atom. The molecule has 21 heavy (non-hydrogen) atoms. The summed E-state index contributed by atoms with van der Waals surface area (Å²) in [5.74, 6) is 0. The van der Waals surface area contributed by atoms with Crippen LogP contribution in [0, 0.1) is 13.8 Å². The third-order valence-electron chi connectivity index (χ3n) is 3.02. The first-order valence-corrected chi connectivity index (χ1v) is 8.28. The molecule has 0 aliphatic carbocycles. The summed E-state index contributed by atoms with van der Waals surface area (Å²) in [7, 11) is 0. The van der Waals surface area contributed by atoms with Crippen molar-refractivity contribution in [2.24, 2.45) is 0 Å². The first kappa shape index (κ1) is 16.3. The maximum absolute atomic E-state index is 6.15. The molecule has 0 atom stereocenters. The Bertz CT molecular complexity index is 606. The molecule has 2 nitrogen and oxygen atoms in total. The average Bonchev–Trinajstić information content (AvgIpc) is 2.36. The fraction of sp³-hybridized carbons (Fsp3) is 0.353. The summed E-state index contributed by atoms with van der Waals surface area (Å²) in [6.07, 6.45) is 0. The molecule has 0 aliphatic rings. The molecular formula is C17H21ClN2S. The minimum Gasteiger partial charge on any atom is -0.310 e.